The first-order chi connectivity index (χ1) is 7.76. The zero-order chi connectivity index (χ0) is 11.8. The third-order valence-electron chi connectivity index (χ3n) is 2.62. The van der Waals surface area contributed by atoms with E-state index in [4.69, 9.17) is 4.74 Å². The van der Waals surface area contributed by atoms with Crippen LogP contribution in [-0.2, 0) is 11.2 Å². The predicted molar refractivity (Wildman–Crippen MR) is 65.8 cm³/mol. The van der Waals surface area contributed by atoms with Crippen molar-refractivity contribution in [3.8, 4) is 5.75 Å². The molecule has 0 saturated heterocycles. The maximum atomic E-state index is 11.6. The van der Waals surface area contributed by atoms with Crippen LogP contribution in [0.1, 0.15) is 38.2 Å². The van der Waals surface area contributed by atoms with Gasteiger partial charge < -0.3 is 4.74 Å². The average Bonchev–Trinajstić information content (AvgIpc) is 2.30. The molecular weight excluding hydrogens is 200 g/mol. The van der Waals surface area contributed by atoms with Gasteiger partial charge >= 0.3 is 0 Å². The molecule has 0 aromatic heterocycles. The van der Waals surface area contributed by atoms with Crippen LogP contribution in [0.5, 0.6) is 5.75 Å². The van der Waals surface area contributed by atoms with Gasteiger partial charge in [-0.2, -0.15) is 0 Å². The van der Waals surface area contributed by atoms with Crippen LogP contribution >= 0.6 is 0 Å². The number of ether oxygens (including phenoxy) is 1. The predicted octanol–water partition coefficient (Wildman–Crippen LogP) is 3.39. The van der Waals surface area contributed by atoms with Crippen LogP contribution in [0.15, 0.2) is 24.3 Å². The first-order valence-electron chi connectivity index (χ1n) is 5.91. The zero-order valence-electron chi connectivity index (χ0n) is 10.2. The maximum absolute atomic E-state index is 11.6. The van der Waals surface area contributed by atoms with Gasteiger partial charge in [0.2, 0.25) is 0 Å². The van der Waals surface area contributed by atoms with Crippen LogP contribution in [0.2, 0.25) is 0 Å². The van der Waals surface area contributed by atoms with Gasteiger partial charge in [0.1, 0.15) is 11.5 Å². The number of methoxy groups -OCH3 is 1. The summed E-state index contributed by atoms with van der Waals surface area (Å²) in [6, 6.07) is 7.70. The molecule has 16 heavy (non-hydrogen) atoms. The highest BCUT2D eigenvalue weighted by Crippen LogP contribution is 2.12. The van der Waals surface area contributed by atoms with Crippen LogP contribution in [0, 0.1) is 0 Å². The smallest absolute Gasteiger partial charge is 0.137 e. The number of benzene rings is 1. The number of hydrogen-bond donors (Lipinski definition) is 0. The Morgan fingerprint density at radius 1 is 1.19 bits per heavy atom. The second-order valence-electron chi connectivity index (χ2n) is 4.02. The summed E-state index contributed by atoms with van der Waals surface area (Å²) in [7, 11) is 1.64. The molecule has 0 aliphatic carbocycles. The maximum Gasteiger partial charge on any atom is 0.137 e. The highest BCUT2D eigenvalue weighted by Gasteiger charge is 2.03. The first-order valence-corrected chi connectivity index (χ1v) is 5.91. The summed E-state index contributed by atoms with van der Waals surface area (Å²) in [6.07, 6.45) is 4.59. The minimum Gasteiger partial charge on any atom is -0.497 e. The summed E-state index contributed by atoms with van der Waals surface area (Å²) in [4.78, 5) is 11.6. The van der Waals surface area contributed by atoms with Gasteiger partial charge in [0, 0.05) is 12.8 Å². The van der Waals surface area contributed by atoms with Crippen molar-refractivity contribution >= 4 is 5.78 Å². The van der Waals surface area contributed by atoms with Crippen LogP contribution in [0.3, 0.4) is 0 Å². The summed E-state index contributed by atoms with van der Waals surface area (Å²) in [6.45, 7) is 2.15. The summed E-state index contributed by atoms with van der Waals surface area (Å²) in [5.74, 6) is 1.17. The number of rotatable bonds is 7. The Morgan fingerprint density at radius 3 is 2.44 bits per heavy atom. The Hall–Kier alpha value is -1.31. The Labute approximate surface area is 97.6 Å². The molecule has 0 N–H and O–H groups in total. The van der Waals surface area contributed by atoms with Crippen molar-refractivity contribution in [3.05, 3.63) is 29.8 Å². The van der Waals surface area contributed by atoms with E-state index in [1.165, 1.54) is 0 Å². The number of Topliss-reactive ketones (excluding diaryl/α,β-unsaturated/α-hetero) is 1. The molecule has 0 saturated carbocycles. The molecule has 2 nitrogen and oxygen atoms in total. The van der Waals surface area contributed by atoms with Crippen LogP contribution in [0.25, 0.3) is 0 Å². The lowest BCUT2D eigenvalue weighted by atomic mass is 10.0. The largest absolute Gasteiger partial charge is 0.497 e. The molecule has 1 aromatic carbocycles. The molecular formula is C14H20O2. The van der Waals surface area contributed by atoms with Gasteiger partial charge in [-0.05, 0) is 24.1 Å². The van der Waals surface area contributed by atoms with Gasteiger partial charge in [-0.3, -0.25) is 4.79 Å². The molecule has 1 aromatic rings. The van der Waals surface area contributed by atoms with Gasteiger partial charge in [0.25, 0.3) is 0 Å². The highest BCUT2D eigenvalue weighted by atomic mass is 16.5. The van der Waals surface area contributed by atoms with Crippen molar-refractivity contribution in [1.82, 2.24) is 0 Å². The normalized spacial score (nSPS) is 10.1. The molecule has 0 amide bonds. The first kappa shape index (κ1) is 12.8. The fourth-order valence-electron chi connectivity index (χ4n) is 1.63. The van der Waals surface area contributed by atoms with Gasteiger partial charge in [-0.1, -0.05) is 31.9 Å². The van der Waals surface area contributed by atoms with Crippen LogP contribution in [-0.4, -0.2) is 12.9 Å². The quantitative estimate of drug-likeness (QED) is 0.658. The molecule has 0 radical (unpaired) electrons. The number of ketones is 1. The van der Waals surface area contributed by atoms with E-state index in [2.05, 4.69) is 6.92 Å². The molecule has 0 aliphatic heterocycles. The Kier molecular flexibility index (Phi) is 5.62. The number of carbonyl (C=O) groups excluding carboxylic acids is 1. The molecule has 0 fully saturated rings. The van der Waals surface area contributed by atoms with Crippen molar-refractivity contribution in [3.63, 3.8) is 0 Å². The van der Waals surface area contributed by atoms with Crippen molar-refractivity contribution in [1.29, 1.82) is 0 Å². The highest BCUT2D eigenvalue weighted by molar-refractivity contribution is 5.80. The average molecular weight is 220 g/mol. The minimum atomic E-state index is 0.332. The molecule has 2 heteroatoms. The van der Waals surface area contributed by atoms with Gasteiger partial charge in [0.05, 0.1) is 7.11 Å². The number of carbonyl (C=O) groups is 1. The Bertz CT molecular complexity index is 314. The third kappa shape index (κ3) is 4.47. The summed E-state index contributed by atoms with van der Waals surface area (Å²) < 4.78 is 5.07. The molecule has 0 heterocycles. The number of hydrogen-bond acceptors (Lipinski definition) is 2. The van der Waals surface area contributed by atoms with E-state index in [1.54, 1.807) is 7.11 Å². The summed E-state index contributed by atoms with van der Waals surface area (Å²) in [5.41, 5.74) is 1.07. The molecule has 0 unspecified atom stereocenters. The number of unbranched alkanes of at least 4 members (excludes halogenated alkanes) is 2. The van der Waals surface area contributed by atoms with Gasteiger partial charge in [-0.15, -0.1) is 0 Å². The second-order valence-corrected chi connectivity index (χ2v) is 4.02. The standard InChI is InChI=1S/C14H20O2/c1-3-4-5-6-13(15)11-12-7-9-14(16-2)10-8-12/h7-10H,3-6,11H2,1-2H3. The fourth-order valence-corrected chi connectivity index (χ4v) is 1.63. The van der Waals surface area contributed by atoms with E-state index in [1.807, 2.05) is 24.3 Å². The Balaban J connectivity index is 2.37. The lowest BCUT2D eigenvalue weighted by molar-refractivity contribution is -0.118. The third-order valence-corrected chi connectivity index (χ3v) is 2.62. The van der Waals surface area contributed by atoms with Crippen LogP contribution < -0.4 is 4.74 Å². The van der Waals surface area contributed by atoms with E-state index >= 15 is 0 Å². The summed E-state index contributed by atoms with van der Waals surface area (Å²) >= 11 is 0. The second kappa shape index (κ2) is 7.04. The molecule has 0 aliphatic rings. The topological polar surface area (TPSA) is 26.3 Å². The Morgan fingerprint density at radius 2 is 1.88 bits per heavy atom. The van der Waals surface area contributed by atoms with Gasteiger partial charge in [-0.25, -0.2) is 0 Å². The van der Waals surface area contributed by atoms with E-state index < -0.39 is 0 Å². The van der Waals surface area contributed by atoms with Crippen molar-refractivity contribution in [2.45, 2.75) is 39.0 Å². The fraction of sp³-hybridized carbons (Fsp3) is 0.500. The van der Waals surface area contributed by atoms with E-state index in [0.717, 1.165) is 30.6 Å². The SMILES string of the molecule is CCCCCC(=O)Cc1ccc(OC)cc1. The van der Waals surface area contributed by atoms with Crippen LogP contribution in [0.4, 0.5) is 0 Å². The molecule has 1 rings (SSSR count). The van der Waals surface area contributed by atoms with Gasteiger partial charge in [0.15, 0.2) is 0 Å². The van der Waals surface area contributed by atoms with E-state index in [9.17, 15) is 4.79 Å². The van der Waals surface area contributed by atoms with E-state index in [-0.39, 0.29) is 0 Å². The monoisotopic (exact) mass is 220 g/mol. The zero-order valence-corrected chi connectivity index (χ0v) is 10.2. The molecule has 88 valence electrons. The molecule has 0 bridgehead atoms. The van der Waals surface area contributed by atoms with Crippen molar-refractivity contribution < 1.29 is 9.53 Å². The molecule has 0 spiro atoms. The molecule has 0 atom stereocenters. The van der Waals surface area contributed by atoms with Crippen molar-refractivity contribution in [2.75, 3.05) is 7.11 Å². The van der Waals surface area contributed by atoms with E-state index in [0.29, 0.717) is 18.6 Å². The summed E-state index contributed by atoms with van der Waals surface area (Å²) in [5, 5.41) is 0. The van der Waals surface area contributed by atoms with Crippen molar-refractivity contribution in [2.24, 2.45) is 0 Å². The lowest BCUT2D eigenvalue weighted by Gasteiger charge is -2.03. The lowest BCUT2D eigenvalue weighted by Crippen LogP contribution is -2.02. The minimum absolute atomic E-state index is 0.332.